The monoisotopic (exact) mass is 406 g/mol. The summed E-state index contributed by atoms with van der Waals surface area (Å²) in [5.74, 6) is -0.964. The van der Waals surface area contributed by atoms with Crippen molar-refractivity contribution in [3.05, 3.63) is 65.8 Å². The van der Waals surface area contributed by atoms with E-state index < -0.39 is 29.7 Å². The lowest BCUT2D eigenvalue weighted by Crippen LogP contribution is -2.39. The first-order valence-electron chi connectivity index (χ1n) is 9.22. The Morgan fingerprint density at radius 2 is 1.93 bits per heavy atom. The van der Waals surface area contributed by atoms with Gasteiger partial charge >= 0.3 is 0 Å². The Labute approximate surface area is 169 Å². The van der Waals surface area contributed by atoms with Crippen molar-refractivity contribution in [1.29, 1.82) is 0 Å². The molecule has 1 saturated heterocycles. The van der Waals surface area contributed by atoms with Crippen molar-refractivity contribution >= 4 is 17.5 Å². The van der Waals surface area contributed by atoms with Gasteiger partial charge in [-0.1, -0.05) is 40.7 Å². The van der Waals surface area contributed by atoms with E-state index >= 15 is 0 Å². The summed E-state index contributed by atoms with van der Waals surface area (Å²) in [6.07, 6.45) is 0. The zero-order valence-electron chi connectivity index (χ0n) is 15.8. The number of nitrogens with zero attached hydrogens (tertiary/aromatic N) is 6. The predicted molar refractivity (Wildman–Crippen MR) is 101 cm³/mol. The summed E-state index contributed by atoms with van der Waals surface area (Å²) in [5.41, 5.74) is 1.99. The van der Waals surface area contributed by atoms with Crippen LogP contribution >= 0.6 is 0 Å². The molecule has 2 aromatic carbocycles. The number of hydrogen-bond acceptors (Lipinski definition) is 8. The van der Waals surface area contributed by atoms with Gasteiger partial charge in [0.2, 0.25) is 11.7 Å². The van der Waals surface area contributed by atoms with Crippen LogP contribution in [0.2, 0.25) is 0 Å². The van der Waals surface area contributed by atoms with Gasteiger partial charge in [0.05, 0.1) is 5.69 Å². The maximum absolute atomic E-state index is 13.6. The number of halogens is 1. The number of benzene rings is 2. The average molecular weight is 406 g/mol. The fourth-order valence-electron chi connectivity index (χ4n) is 3.61. The van der Waals surface area contributed by atoms with E-state index in [4.69, 9.17) is 4.52 Å². The summed E-state index contributed by atoms with van der Waals surface area (Å²) in [6.45, 7) is 1.95. The molecule has 10 heteroatoms. The molecule has 150 valence electrons. The van der Waals surface area contributed by atoms with Gasteiger partial charge < -0.3 is 4.52 Å². The summed E-state index contributed by atoms with van der Waals surface area (Å²) in [5, 5.41) is 13.2. The average Bonchev–Trinajstić information content (AvgIpc) is 3.41. The fourth-order valence-corrected chi connectivity index (χ4v) is 3.61. The smallest absolute Gasteiger partial charge is 0.263 e. The van der Waals surface area contributed by atoms with Gasteiger partial charge in [0, 0.05) is 5.56 Å². The molecule has 1 fully saturated rings. The molecular weight excluding hydrogens is 391 g/mol. The molecule has 0 unspecified atom stereocenters. The number of aromatic nitrogens is 2. The third kappa shape index (κ3) is 2.84. The number of amides is 2. The second-order valence-electron chi connectivity index (χ2n) is 7.01. The minimum absolute atomic E-state index is 0.0135. The van der Waals surface area contributed by atoms with Crippen LogP contribution in [0.1, 0.15) is 11.5 Å². The van der Waals surface area contributed by atoms with E-state index in [9.17, 15) is 14.0 Å². The zero-order chi connectivity index (χ0) is 20.8. The van der Waals surface area contributed by atoms with E-state index in [0.29, 0.717) is 5.82 Å². The van der Waals surface area contributed by atoms with Gasteiger partial charge in [0.1, 0.15) is 12.4 Å². The number of carbonyl (C=O) groups is 2. The number of hydrogen-bond donors (Lipinski definition) is 0. The lowest BCUT2D eigenvalue weighted by atomic mass is 10.1. The maximum atomic E-state index is 13.6. The minimum Gasteiger partial charge on any atom is -0.337 e. The van der Waals surface area contributed by atoms with Crippen molar-refractivity contribution in [3.63, 3.8) is 0 Å². The van der Waals surface area contributed by atoms with Crippen molar-refractivity contribution in [2.45, 2.75) is 25.6 Å². The van der Waals surface area contributed by atoms with E-state index in [-0.39, 0.29) is 18.1 Å². The number of imide groups is 1. The highest BCUT2D eigenvalue weighted by atomic mass is 19.1. The number of anilines is 1. The highest BCUT2D eigenvalue weighted by molar-refractivity contribution is 6.25. The lowest BCUT2D eigenvalue weighted by molar-refractivity contribution is -0.123. The second kappa shape index (κ2) is 6.83. The molecule has 1 aromatic heterocycles. The summed E-state index contributed by atoms with van der Waals surface area (Å²) in [6, 6.07) is 11.0. The van der Waals surface area contributed by atoms with Crippen molar-refractivity contribution in [1.82, 2.24) is 15.1 Å². The van der Waals surface area contributed by atoms with Crippen LogP contribution in [-0.2, 0) is 16.1 Å². The van der Waals surface area contributed by atoms with Gasteiger partial charge in [-0.05, 0) is 30.7 Å². The van der Waals surface area contributed by atoms with E-state index in [1.54, 1.807) is 0 Å². The summed E-state index contributed by atoms with van der Waals surface area (Å²) in [7, 11) is 0. The predicted octanol–water partition coefficient (Wildman–Crippen LogP) is 2.68. The molecule has 2 aliphatic rings. The highest BCUT2D eigenvalue weighted by Crippen LogP contribution is 2.33. The first-order chi connectivity index (χ1) is 14.5. The van der Waals surface area contributed by atoms with Gasteiger partial charge in [-0.3, -0.25) is 14.6 Å². The molecule has 2 amide bonds. The SMILES string of the molecule is Cc1ccccc1-c1noc(CN2N=N[C@@H]3C(=O)N(c4cccc(F)c4)C(=O)[C@H]32)n1. The van der Waals surface area contributed by atoms with Crippen LogP contribution in [0.3, 0.4) is 0 Å². The molecule has 0 N–H and O–H groups in total. The van der Waals surface area contributed by atoms with Gasteiger partial charge in [-0.15, -0.1) is 0 Å². The number of fused-ring (bicyclic) bond motifs is 1. The Morgan fingerprint density at radius 1 is 1.10 bits per heavy atom. The molecule has 0 spiro atoms. The molecular formula is C20H15FN6O3. The van der Waals surface area contributed by atoms with Crippen molar-refractivity contribution in [3.8, 4) is 11.4 Å². The minimum atomic E-state index is -0.987. The Kier molecular flexibility index (Phi) is 4.12. The highest BCUT2D eigenvalue weighted by Gasteiger charge is 2.55. The van der Waals surface area contributed by atoms with E-state index in [1.807, 2.05) is 31.2 Å². The van der Waals surface area contributed by atoms with Crippen LogP contribution in [0.5, 0.6) is 0 Å². The van der Waals surface area contributed by atoms with Crippen molar-refractivity contribution in [2.24, 2.45) is 10.3 Å². The van der Waals surface area contributed by atoms with Gasteiger partial charge in [0.25, 0.3) is 11.8 Å². The number of aryl methyl sites for hydroxylation is 1. The molecule has 0 bridgehead atoms. The van der Waals surface area contributed by atoms with E-state index in [0.717, 1.165) is 22.1 Å². The number of carbonyl (C=O) groups excluding carboxylic acids is 2. The van der Waals surface area contributed by atoms with Crippen LogP contribution in [0.4, 0.5) is 10.1 Å². The maximum Gasteiger partial charge on any atom is 0.263 e. The molecule has 3 heterocycles. The second-order valence-corrected chi connectivity index (χ2v) is 7.01. The van der Waals surface area contributed by atoms with Crippen LogP contribution in [0, 0.1) is 12.7 Å². The van der Waals surface area contributed by atoms with E-state index in [1.165, 1.54) is 23.2 Å². The first kappa shape index (κ1) is 18.1. The van der Waals surface area contributed by atoms with Crippen LogP contribution in [0.15, 0.2) is 63.4 Å². The molecule has 0 aliphatic carbocycles. The van der Waals surface area contributed by atoms with Crippen molar-refractivity contribution in [2.75, 3.05) is 4.90 Å². The van der Waals surface area contributed by atoms with Gasteiger partial charge in [-0.2, -0.15) is 10.1 Å². The normalized spacial score (nSPS) is 20.3. The van der Waals surface area contributed by atoms with Gasteiger partial charge in [-0.25, -0.2) is 9.29 Å². The molecule has 9 nitrogen and oxygen atoms in total. The molecule has 2 aliphatic heterocycles. The fraction of sp³-hybridized carbons (Fsp3) is 0.200. The Morgan fingerprint density at radius 3 is 2.73 bits per heavy atom. The summed E-state index contributed by atoms with van der Waals surface area (Å²) >= 11 is 0. The molecule has 30 heavy (non-hydrogen) atoms. The molecule has 5 rings (SSSR count). The van der Waals surface area contributed by atoms with Crippen LogP contribution < -0.4 is 4.90 Å². The summed E-state index contributed by atoms with van der Waals surface area (Å²) in [4.78, 5) is 30.9. The summed E-state index contributed by atoms with van der Waals surface area (Å²) < 4.78 is 18.9. The Bertz CT molecular complexity index is 1190. The van der Waals surface area contributed by atoms with Crippen molar-refractivity contribution < 1.29 is 18.5 Å². The lowest BCUT2D eigenvalue weighted by Gasteiger charge is -2.19. The largest absolute Gasteiger partial charge is 0.337 e. The third-order valence-corrected chi connectivity index (χ3v) is 5.08. The molecule has 3 aromatic rings. The zero-order valence-corrected chi connectivity index (χ0v) is 15.8. The van der Waals surface area contributed by atoms with E-state index in [2.05, 4.69) is 20.5 Å². The van der Waals surface area contributed by atoms with Crippen LogP contribution in [-0.4, -0.2) is 39.0 Å². The standard InChI is InChI=1S/C20H15FN6O3/c1-11-5-2-3-8-14(11)18-22-15(30-24-18)10-26-17-16(23-25-26)19(28)27(20(17)29)13-7-4-6-12(21)9-13/h2-9,16-17H,10H2,1H3/t16-,17-/m0/s1. The molecule has 0 saturated carbocycles. The Hall–Kier alpha value is -3.95. The Balaban J connectivity index is 1.38. The first-order valence-corrected chi connectivity index (χ1v) is 9.22. The topological polar surface area (TPSA) is 104 Å². The number of rotatable bonds is 4. The third-order valence-electron chi connectivity index (χ3n) is 5.08. The van der Waals surface area contributed by atoms with Gasteiger partial charge in [0.15, 0.2) is 12.1 Å². The molecule has 2 atom stereocenters. The quantitative estimate of drug-likeness (QED) is 0.617. The molecule has 0 radical (unpaired) electrons. The van der Waals surface area contributed by atoms with Crippen LogP contribution in [0.25, 0.3) is 11.4 Å².